The van der Waals surface area contributed by atoms with Gasteiger partial charge in [-0.25, -0.2) is 27.1 Å². The molecule has 168 valence electrons. The average molecular weight is 485 g/mol. The fraction of sp³-hybridized carbons (Fsp3) is 0.350. The van der Waals surface area contributed by atoms with Gasteiger partial charge in [-0.05, 0) is 49.3 Å². The Balaban J connectivity index is 1.52. The summed E-state index contributed by atoms with van der Waals surface area (Å²) in [5.74, 6) is -4.41. The summed E-state index contributed by atoms with van der Waals surface area (Å²) in [5, 5.41) is 10.7. The Morgan fingerprint density at radius 2 is 2.00 bits per heavy atom. The highest BCUT2D eigenvalue weighted by molar-refractivity contribution is 7.80. The highest BCUT2D eigenvalue weighted by Crippen LogP contribution is 2.44. The van der Waals surface area contributed by atoms with Crippen LogP contribution >= 0.6 is 23.8 Å². The van der Waals surface area contributed by atoms with E-state index in [0.29, 0.717) is 16.8 Å². The van der Waals surface area contributed by atoms with E-state index >= 15 is 0 Å². The third kappa shape index (κ3) is 4.06. The highest BCUT2D eigenvalue weighted by Gasteiger charge is 2.47. The van der Waals surface area contributed by atoms with Gasteiger partial charge in [-0.1, -0.05) is 11.6 Å². The van der Waals surface area contributed by atoms with E-state index in [2.05, 4.69) is 20.7 Å². The smallest absolute Gasteiger partial charge is 0.267 e. The van der Waals surface area contributed by atoms with Crippen molar-refractivity contribution in [3.8, 4) is 0 Å². The van der Waals surface area contributed by atoms with Crippen molar-refractivity contribution in [2.45, 2.75) is 37.3 Å². The highest BCUT2D eigenvalue weighted by atomic mass is 35.5. The molecular formula is C20H17ClF4N6S. The zero-order chi connectivity index (χ0) is 22.6. The van der Waals surface area contributed by atoms with Gasteiger partial charge in [-0.15, -0.1) is 0 Å². The molecule has 0 radical (unpaired) electrons. The molecule has 5 rings (SSSR count). The third-order valence-corrected chi connectivity index (χ3v) is 5.94. The molecule has 2 aromatic heterocycles. The molecule has 1 aliphatic heterocycles. The molecule has 1 saturated heterocycles. The summed E-state index contributed by atoms with van der Waals surface area (Å²) in [5.41, 5.74) is 0.441. The van der Waals surface area contributed by atoms with Crippen molar-refractivity contribution in [3.63, 3.8) is 0 Å². The summed E-state index contributed by atoms with van der Waals surface area (Å²) in [7, 11) is 0. The first-order valence-corrected chi connectivity index (χ1v) is 10.7. The van der Waals surface area contributed by atoms with Gasteiger partial charge in [0.25, 0.3) is 5.92 Å². The number of thiocarbonyl (C=S) groups is 1. The van der Waals surface area contributed by atoms with Crippen molar-refractivity contribution < 1.29 is 17.6 Å². The van der Waals surface area contributed by atoms with Gasteiger partial charge in [-0.3, -0.25) is 0 Å². The fourth-order valence-electron chi connectivity index (χ4n) is 3.83. The first kappa shape index (κ1) is 21.2. The molecule has 3 aromatic rings. The Labute approximate surface area is 190 Å². The predicted octanol–water partition coefficient (Wildman–Crippen LogP) is 4.70. The molecule has 6 nitrogen and oxygen atoms in total. The lowest BCUT2D eigenvalue weighted by Crippen LogP contribution is -2.30. The van der Waals surface area contributed by atoms with E-state index in [4.69, 9.17) is 23.8 Å². The van der Waals surface area contributed by atoms with Gasteiger partial charge in [0.2, 0.25) is 0 Å². The summed E-state index contributed by atoms with van der Waals surface area (Å²) in [4.78, 5) is 5.73. The van der Waals surface area contributed by atoms with Crippen LogP contribution in [0.4, 0.5) is 29.1 Å². The summed E-state index contributed by atoms with van der Waals surface area (Å²) in [6.45, 7) is -0.691. The Bertz CT molecular complexity index is 1210. The van der Waals surface area contributed by atoms with Crippen LogP contribution in [0.1, 0.15) is 30.9 Å². The van der Waals surface area contributed by atoms with Crippen LogP contribution in [-0.2, 0) is 0 Å². The maximum atomic E-state index is 14.4. The number of hydrogen-bond acceptors (Lipinski definition) is 4. The molecular weight excluding hydrogens is 468 g/mol. The van der Waals surface area contributed by atoms with Gasteiger partial charge in [-0.2, -0.15) is 5.10 Å². The molecule has 1 aromatic carbocycles. The van der Waals surface area contributed by atoms with E-state index in [1.165, 1.54) is 21.7 Å². The zero-order valence-electron chi connectivity index (χ0n) is 16.5. The minimum absolute atomic E-state index is 0.106. The van der Waals surface area contributed by atoms with Crippen molar-refractivity contribution in [2.75, 3.05) is 16.8 Å². The van der Waals surface area contributed by atoms with Crippen LogP contribution in [0.3, 0.4) is 0 Å². The Hall–Kier alpha value is -2.66. The van der Waals surface area contributed by atoms with E-state index < -0.39 is 36.6 Å². The lowest BCUT2D eigenvalue weighted by Gasteiger charge is -2.25. The van der Waals surface area contributed by atoms with Crippen molar-refractivity contribution in [3.05, 3.63) is 52.8 Å². The lowest BCUT2D eigenvalue weighted by molar-refractivity contribution is 0.0221. The van der Waals surface area contributed by atoms with E-state index in [-0.39, 0.29) is 22.2 Å². The maximum Gasteiger partial charge on any atom is 0.267 e. The molecule has 2 aliphatic rings. The summed E-state index contributed by atoms with van der Waals surface area (Å²) >= 11 is 11.5. The number of nitrogens with zero attached hydrogens (tertiary/aromatic N) is 4. The van der Waals surface area contributed by atoms with Crippen LogP contribution in [0.15, 0.2) is 30.5 Å². The molecule has 32 heavy (non-hydrogen) atoms. The lowest BCUT2D eigenvalue weighted by atomic mass is 10.0. The van der Waals surface area contributed by atoms with E-state index in [1.807, 2.05) is 0 Å². The molecule has 2 fully saturated rings. The molecule has 12 heteroatoms. The van der Waals surface area contributed by atoms with Crippen molar-refractivity contribution in [1.82, 2.24) is 19.9 Å². The minimum atomic E-state index is -3.11. The molecule has 1 saturated carbocycles. The van der Waals surface area contributed by atoms with Crippen molar-refractivity contribution in [1.29, 1.82) is 0 Å². The number of rotatable bonds is 4. The standard InChI is InChI=1S/C20H17ClF4N6S/c21-17-16(28-19(32)26-11-2-3-11)18-27-15(5-6-31(18)29-17)30-9-20(24,25)8-14(30)12-7-10(22)1-4-13(12)23/h1,4-7,11,14H,2-3,8-9H2,(H2,26,28,32)/t14-/m1/s1. The Morgan fingerprint density at radius 1 is 1.22 bits per heavy atom. The number of nitrogens with one attached hydrogen (secondary N) is 2. The number of anilines is 2. The summed E-state index contributed by atoms with van der Waals surface area (Å²) in [6, 6.07) is 3.52. The fourth-order valence-corrected chi connectivity index (χ4v) is 4.31. The number of aromatic nitrogens is 3. The van der Waals surface area contributed by atoms with Crippen LogP contribution in [0.5, 0.6) is 0 Å². The summed E-state index contributed by atoms with van der Waals surface area (Å²) < 4.78 is 58.3. The number of benzene rings is 1. The second kappa shape index (κ2) is 7.73. The average Bonchev–Trinajstić information content (AvgIpc) is 3.41. The van der Waals surface area contributed by atoms with Crippen molar-refractivity contribution in [2.24, 2.45) is 0 Å². The van der Waals surface area contributed by atoms with Crippen molar-refractivity contribution >= 4 is 46.1 Å². The SMILES string of the molecule is Fc1ccc(F)c([C@H]2CC(F)(F)CN2c2ccn3nc(Cl)c(NC(=S)NC4CC4)c3n2)c1. The largest absolute Gasteiger partial charge is 0.360 e. The number of hydrogen-bond donors (Lipinski definition) is 2. The van der Waals surface area contributed by atoms with Crippen LogP contribution in [-0.4, -0.2) is 38.2 Å². The quantitative estimate of drug-likeness (QED) is 0.414. The molecule has 3 heterocycles. The van der Waals surface area contributed by atoms with Gasteiger partial charge in [0.1, 0.15) is 23.1 Å². The molecule has 0 spiro atoms. The first-order valence-electron chi connectivity index (χ1n) is 9.92. The molecule has 0 unspecified atom stereocenters. The molecule has 0 bridgehead atoms. The number of halogens is 5. The second-order valence-electron chi connectivity index (χ2n) is 7.96. The summed E-state index contributed by atoms with van der Waals surface area (Å²) in [6.07, 6.45) is 2.89. The minimum Gasteiger partial charge on any atom is -0.360 e. The Morgan fingerprint density at radius 3 is 2.75 bits per heavy atom. The van der Waals surface area contributed by atoms with Gasteiger partial charge < -0.3 is 15.5 Å². The Kier molecular flexibility index (Phi) is 5.12. The van der Waals surface area contributed by atoms with Crippen LogP contribution in [0, 0.1) is 11.6 Å². The topological polar surface area (TPSA) is 57.5 Å². The maximum absolute atomic E-state index is 14.4. The number of alkyl halides is 2. The second-order valence-corrected chi connectivity index (χ2v) is 8.73. The van der Waals surface area contributed by atoms with Gasteiger partial charge in [0.05, 0.1) is 12.6 Å². The number of fused-ring (bicyclic) bond motifs is 1. The first-order chi connectivity index (χ1) is 15.2. The van der Waals surface area contributed by atoms with Crippen LogP contribution < -0.4 is 15.5 Å². The normalized spacial score (nSPS) is 20.0. The van der Waals surface area contributed by atoms with Gasteiger partial charge in [0.15, 0.2) is 15.9 Å². The van der Waals surface area contributed by atoms with E-state index in [9.17, 15) is 17.6 Å². The molecule has 0 amide bonds. The monoisotopic (exact) mass is 484 g/mol. The van der Waals surface area contributed by atoms with Gasteiger partial charge >= 0.3 is 0 Å². The van der Waals surface area contributed by atoms with E-state index in [1.54, 1.807) is 0 Å². The molecule has 1 aliphatic carbocycles. The van der Waals surface area contributed by atoms with E-state index in [0.717, 1.165) is 31.0 Å². The zero-order valence-corrected chi connectivity index (χ0v) is 18.0. The van der Waals surface area contributed by atoms with Gasteiger partial charge in [0, 0.05) is 24.2 Å². The molecule has 2 N–H and O–H groups in total. The van der Waals surface area contributed by atoms with Crippen LogP contribution in [0.2, 0.25) is 5.15 Å². The predicted molar refractivity (Wildman–Crippen MR) is 116 cm³/mol. The third-order valence-electron chi connectivity index (χ3n) is 5.46. The van der Waals surface area contributed by atoms with Crippen LogP contribution in [0.25, 0.3) is 5.65 Å². The molecule has 1 atom stereocenters.